The fourth-order valence-corrected chi connectivity index (χ4v) is 3.35. The molecule has 1 atom stereocenters. The normalized spacial score (nSPS) is 16.8. The minimum absolute atomic E-state index is 0.0443. The molecule has 0 bridgehead atoms. The van der Waals surface area contributed by atoms with Crippen molar-refractivity contribution in [2.75, 3.05) is 33.3 Å². The summed E-state index contributed by atoms with van der Waals surface area (Å²) in [7, 11) is 4.76. The van der Waals surface area contributed by atoms with Gasteiger partial charge in [0.25, 0.3) is 0 Å². The molecule has 1 aliphatic rings. The van der Waals surface area contributed by atoms with Crippen LogP contribution >= 0.6 is 0 Å². The monoisotopic (exact) mass is 385 g/mol. The molecule has 1 fully saturated rings. The molecular formula is C19H23N5O4. The summed E-state index contributed by atoms with van der Waals surface area (Å²) in [5.74, 6) is 2.33. The topological polar surface area (TPSA) is 92.5 Å². The van der Waals surface area contributed by atoms with Crippen molar-refractivity contribution in [1.29, 1.82) is 0 Å². The van der Waals surface area contributed by atoms with Gasteiger partial charge in [0.1, 0.15) is 18.3 Å². The average molecular weight is 385 g/mol. The van der Waals surface area contributed by atoms with E-state index in [2.05, 4.69) is 20.3 Å². The molecule has 0 saturated carbocycles. The lowest BCUT2D eigenvalue weighted by molar-refractivity contribution is -0.0298. The number of imidazole rings is 1. The number of hydrogen-bond acceptors (Lipinski definition) is 8. The molecule has 1 aromatic carbocycles. The van der Waals surface area contributed by atoms with Gasteiger partial charge in [0.2, 0.25) is 0 Å². The second-order valence-corrected chi connectivity index (χ2v) is 6.40. The Bertz CT molecular complexity index is 968. The SMILES string of the molecule is COc1cc(OC)c(OC)cc1Nc1ncnc2c1ncn2C1CCCCO1. The van der Waals surface area contributed by atoms with Crippen LogP contribution < -0.4 is 19.5 Å². The van der Waals surface area contributed by atoms with Gasteiger partial charge in [-0.1, -0.05) is 0 Å². The molecule has 2 aromatic heterocycles. The number of benzene rings is 1. The van der Waals surface area contributed by atoms with Gasteiger partial charge in [-0.3, -0.25) is 4.57 Å². The van der Waals surface area contributed by atoms with E-state index < -0.39 is 0 Å². The molecule has 1 aliphatic heterocycles. The number of rotatable bonds is 6. The van der Waals surface area contributed by atoms with E-state index in [0.29, 0.717) is 34.3 Å². The fourth-order valence-electron chi connectivity index (χ4n) is 3.35. The largest absolute Gasteiger partial charge is 0.494 e. The Morgan fingerprint density at radius 2 is 1.79 bits per heavy atom. The number of methoxy groups -OCH3 is 3. The molecule has 148 valence electrons. The maximum atomic E-state index is 5.87. The van der Waals surface area contributed by atoms with Crippen LogP contribution in [0.4, 0.5) is 11.5 Å². The van der Waals surface area contributed by atoms with Crippen LogP contribution in [0.25, 0.3) is 11.2 Å². The van der Waals surface area contributed by atoms with Crippen molar-refractivity contribution in [2.45, 2.75) is 25.5 Å². The molecule has 0 spiro atoms. The molecule has 1 saturated heterocycles. The lowest BCUT2D eigenvalue weighted by atomic mass is 10.2. The summed E-state index contributed by atoms with van der Waals surface area (Å²) in [5.41, 5.74) is 2.07. The molecule has 9 nitrogen and oxygen atoms in total. The van der Waals surface area contributed by atoms with Gasteiger partial charge in [-0.2, -0.15) is 0 Å². The molecule has 28 heavy (non-hydrogen) atoms. The number of aromatic nitrogens is 4. The second-order valence-electron chi connectivity index (χ2n) is 6.40. The first-order valence-corrected chi connectivity index (χ1v) is 9.11. The van der Waals surface area contributed by atoms with Crippen LogP contribution in [-0.4, -0.2) is 47.5 Å². The number of nitrogens with one attached hydrogen (secondary N) is 1. The third-order valence-electron chi connectivity index (χ3n) is 4.78. The Kier molecular flexibility index (Phi) is 5.16. The molecule has 0 aliphatic carbocycles. The molecule has 0 radical (unpaired) electrons. The molecule has 9 heteroatoms. The first-order valence-electron chi connectivity index (χ1n) is 9.11. The lowest BCUT2D eigenvalue weighted by Gasteiger charge is -2.23. The summed E-state index contributed by atoms with van der Waals surface area (Å²) in [4.78, 5) is 13.3. The molecule has 0 amide bonds. The third-order valence-corrected chi connectivity index (χ3v) is 4.78. The maximum Gasteiger partial charge on any atom is 0.167 e. The predicted molar refractivity (Wildman–Crippen MR) is 104 cm³/mol. The van der Waals surface area contributed by atoms with Gasteiger partial charge in [-0.25, -0.2) is 15.0 Å². The minimum Gasteiger partial charge on any atom is -0.494 e. The number of nitrogens with zero attached hydrogens (tertiary/aromatic N) is 4. The van der Waals surface area contributed by atoms with Gasteiger partial charge in [0, 0.05) is 18.7 Å². The number of ether oxygens (including phenoxy) is 4. The van der Waals surface area contributed by atoms with E-state index in [1.54, 1.807) is 39.8 Å². The van der Waals surface area contributed by atoms with Crippen molar-refractivity contribution < 1.29 is 18.9 Å². The zero-order valence-corrected chi connectivity index (χ0v) is 16.1. The van der Waals surface area contributed by atoms with Gasteiger partial charge >= 0.3 is 0 Å². The Balaban J connectivity index is 1.71. The highest BCUT2D eigenvalue weighted by molar-refractivity contribution is 5.86. The summed E-state index contributed by atoms with van der Waals surface area (Å²) in [6, 6.07) is 3.56. The average Bonchev–Trinajstić information content (AvgIpc) is 3.19. The summed E-state index contributed by atoms with van der Waals surface area (Å²) >= 11 is 0. The fraction of sp³-hybridized carbons (Fsp3) is 0.421. The maximum absolute atomic E-state index is 5.87. The first-order chi connectivity index (χ1) is 13.7. The van der Waals surface area contributed by atoms with Crippen LogP contribution in [0.2, 0.25) is 0 Å². The predicted octanol–water partition coefficient (Wildman–Crippen LogP) is 3.29. The Morgan fingerprint density at radius 1 is 1.00 bits per heavy atom. The Morgan fingerprint density at radius 3 is 2.50 bits per heavy atom. The van der Waals surface area contributed by atoms with Crippen LogP contribution in [0.15, 0.2) is 24.8 Å². The molecule has 1 unspecified atom stereocenters. The minimum atomic E-state index is -0.0443. The van der Waals surface area contributed by atoms with Crippen molar-refractivity contribution in [3.8, 4) is 17.2 Å². The quantitative estimate of drug-likeness (QED) is 0.691. The zero-order chi connectivity index (χ0) is 19.5. The molecule has 3 heterocycles. The lowest BCUT2D eigenvalue weighted by Crippen LogP contribution is -2.17. The van der Waals surface area contributed by atoms with Crippen LogP contribution in [-0.2, 0) is 4.74 Å². The van der Waals surface area contributed by atoms with Crippen molar-refractivity contribution >= 4 is 22.7 Å². The van der Waals surface area contributed by atoms with Gasteiger partial charge in [-0.05, 0) is 19.3 Å². The smallest absolute Gasteiger partial charge is 0.167 e. The van der Waals surface area contributed by atoms with E-state index in [1.807, 2.05) is 4.57 Å². The van der Waals surface area contributed by atoms with E-state index in [4.69, 9.17) is 18.9 Å². The van der Waals surface area contributed by atoms with E-state index >= 15 is 0 Å². The van der Waals surface area contributed by atoms with Gasteiger partial charge in [0.15, 0.2) is 28.5 Å². The highest BCUT2D eigenvalue weighted by Gasteiger charge is 2.21. The van der Waals surface area contributed by atoms with Crippen molar-refractivity contribution in [2.24, 2.45) is 0 Å². The molecule has 4 rings (SSSR count). The van der Waals surface area contributed by atoms with Gasteiger partial charge in [-0.15, -0.1) is 0 Å². The van der Waals surface area contributed by atoms with Crippen LogP contribution in [0.5, 0.6) is 17.2 Å². The third kappa shape index (κ3) is 3.29. The highest BCUT2D eigenvalue weighted by atomic mass is 16.5. The van der Waals surface area contributed by atoms with Crippen molar-refractivity contribution in [1.82, 2.24) is 19.5 Å². The van der Waals surface area contributed by atoms with Crippen molar-refractivity contribution in [3.05, 3.63) is 24.8 Å². The van der Waals surface area contributed by atoms with Crippen LogP contribution in [0.1, 0.15) is 25.5 Å². The molecule has 3 aromatic rings. The van der Waals surface area contributed by atoms with Crippen LogP contribution in [0.3, 0.4) is 0 Å². The van der Waals surface area contributed by atoms with Gasteiger partial charge in [0.05, 0.1) is 33.3 Å². The second kappa shape index (κ2) is 7.89. The van der Waals surface area contributed by atoms with Gasteiger partial charge < -0.3 is 24.3 Å². The van der Waals surface area contributed by atoms with E-state index in [1.165, 1.54) is 6.33 Å². The van der Waals surface area contributed by atoms with Crippen molar-refractivity contribution in [3.63, 3.8) is 0 Å². The summed E-state index contributed by atoms with van der Waals surface area (Å²) < 4.78 is 24.1. The van der Waals surface area contributed by atoms with E-state index in [-0.39, 0.29) is 6.23 Å². The molecular weight excluding hydrogens is 362 g/mol. The zero-order valence-electron chi connectivity index (χ0n) is 16.1. The van der Waals surface area contributed by atoms with E-state index in [0.717, 1.165) is 31.5 Å². The number of fused-ring (bicyclic) bond motifs is 1. The van der Waals surface area contributed by atoms with Crippen LogP contribution in [0, 0.1) is 0 Å². The first kappa shape index (κ1) is 18.3. The standard InChI is InChI=1S/C19H23N5O4/c1-25-13-9-15(27-3)14(26-2)8-12(13)23-18-17-19(21-10-20-18)24(11-22-17)16-6-4-5-7-28-16/h8-11,16H,4-7H2,1-3H3,(H,20,21,23). The Labute approximate surface area is 162 Å². The highest BCUT2D eigenvalue weighted by Crippen LogP contribution is 2.39. The molecule has 1 N–H and O–H groups in total. The Hall–Kier alpha value is -3.07. The summed E-state index contributed by atoms with van der Waals surface area (Å²) in [6.45, 7) is 0.753. The summed E-state index contributed by atoms with van der Waals surface area (Å²) in [5, 5.41) is 3.28. The van der Waals surface area contributed by atoms with E-state index in [9.17, 15) is 0 Å². The number of anilines is 2. The summed E-state index contributed by atoms with van der Waals surface area (Å²) in [6.07, 6.45) is 6.39. The number of hydrogen-bond donors (Lipinski definition) is 1.